The molecule has 22 heavy (non-hydrogen) atoms. The minimum absolute atomic E-state index is 0.178. The number of thiophene rings is 1. The Morgan fingerprint density at radius 1 is 1.55 bits per heavy atom. The summed E-state index contributed by atoms with van der Waals surface area (Å²) in [5.74, 6) is 0.502. The first-order chi connectivity index (χ1) is 10.3. The standard InChI is InChI=1S/C17H28N2O2S/c1-13(15-7-9-22-12-15)18-10-14-6-5-8-19(11-14)16(20)21-17(2,3)4/h7,9,12-14,18H,5-6,8,10-11H2,1-4H3. The number of amides is 1. The quantitative estimate of drug-likeness (QED) is 0.908. The minimum Gasteiger partial charge on any atom is -0.444 e. The second kappa shape index (κ2) is 7.47. The number of carbonyl (C=O) groups excluding carboxylic acids is 1. The van der Waals surface area contributed by atoms with Crippen LogP contribution in [0.1, 0.15) is 52.1 Å². The fourth-order valence-corrected chi connectivity index (χ4v) is 3.46. The maximum absolute atomic E-state index is 12.2. The summed E-state index contributed by atoms with van der Waals surface area (Å²) < 4.78 is 5.48. The van der Waals surface area contributed by atoms with E-state index in [0.717, 1.165) is 26.1 Å². The minimum atomic E-state index is -0.421. The first kappa shape index (κ1) is 17.3. The van der Waals surface area contributed by atoms with Crippen LogP contribution in [-0.4, -0.2) is 36.2 Å². The summed E-state index contributed by atoms with van der Waals surface area (Å²) >= 11 is 1.73. The fourth-order valence-electron chi connectivity index (χ4n) is 2.71. The topological polar surface area (TPSA) is 41.6 Å². The Labute approximate surface area is 137 Å². The molecule has 0 saturated carbocycles. The van der Waals surface area contributed by atoms with Crippen LogP contribution < -0.4 is 5.32 Å². The van der Waals surface area contributed by atoms with E-state index in [1.165, 1.54) is 12.0 Å². The largest absolute Gasteiger partial charge is 0.444 e. The molecular formula is C17H28N2O2S. The zero-order valence-electron chi connectivity index (χ0n) is 14.1. The molecular weight excluding hydrogens is 296 g/mol. The first-order valence-corrected chi connectivity index (χ1v) is 9.03. The van der Waals surface area contributed by atoms with Crippen molar-refractivity contribution in [1.82, 2.24) is 10.2 Å². The van der Waals surface area contributed by atoms with Crippen LogP contribution in [0.25, 0.3) is 0 Å². The molecule has 1 N–H and O–H groups in total. The molecule has 1 aromatic rings. The molecule has 0 aliphatic carbocycles. The predicted molar refractivity (Wildman–Crippen MR) is 91.3 cm³/mol. The number of nitrogens with one attached hydrogen (secondary N) is 1. The van der Waals surface area contributed by atoms with E-state index in [4.69, 9.17) is 4.74 Å². The van der Waals surface area contributed by atoms with Crippen LogP contribution in [0, 0.1) is 5.92 Å². The van der Waals surface area contributed by atoms with E-state index in [0.29, 0.717) is 12.0 Å². The van der Waals surface area contributed by atoms with Crippen molar-refractivity contribution in [3.8, 4) is 0 Å². The highest BCUT2D eigenvalue weighted by molar-refractivity contribution is 7.07. The number of hydrogen-bond acceptors (Lipinski definition) is 4. The van der Waals surface area contributed by atoms with Gasteiger partial charge in [0, 0.05) is 25.7 Å². The zero-order valence-corrected chi connectivity index (χ0v) is 14.9. The summed E-state index contributed by atoms with van der Waals surface area (Å²) in [5.41, 5.74) is 0.917. The number of carbonyl (C=O) groups is 1. The van der Waals surface area contributed by atoms with E-state index in [1.807, 2.05) is 25.7 Å². The normalized spacial score (nSPS) is 20.7. The third-order valence-corrected chi connectivity index (χ3v) is 4.63. The van der Waals surface area contributed by atoms with E-state index in [2.05, 4.69) is 29.1 Å². The molecule has 5 heteroatoms. The smallest absolute Gasteiger partial charge is 0.410 e. The molecule has 0 aromatic carbocycles. The van der Waals surface area contributed by atoms with Gasteiger partial charge in [0.1, 0.15) is 5.60 Å². The van der Waals surface area contributed by atoms with Crippen LogP contribution in [0.3, 0.4) is 0 Å². The maximum Gasteiger partial charge on any atom is 0.410 e. The average Bonchev–Trinajstić information content (AvgIpc) is 2.97. The van der Waals surface area contributed by atoms with Crippen molar-refractivity contribution in [2.75, 3.05) is 19.6 Å². The van der Waals surface area contributed by atoms with Gasteiger partial charge in [-0.2, -0.15) is 11.3 Å². The second-order valence-corrected chi connectivity index (χ2v) is 7.90. The van der Waals surface area contributed by atoms with Gasteiger partial charge in [-0.25, -0.2) is 4.79 Å². The highest BCUT2D eigenvalue weighted by atomic mass is 32.1. The number of piperidine rings is 1. The molecule has 1 aliphatic rings. The molecule has 2 heterocycles. The van der Waals surface area contributed by atoms with Crippen molar-refractivity contribution in [2.45, 2.75) is 52.2 Å². The number of hydrogen-bond donors (Lipinski definition) is 1. The second-order valence-electron chi connectivity index (χ2n) is 7.12. The summed E-state index contributed by atoms with van der Waals surface area (Å²) in [6.07, 6.45) is 2.05. The number of nitrogens with zero attached hydrogens (tertiary/aromatic N) is 1. The third kappa shape index (κ3) is 5.29. The van der Waals surface area contributed by atoms with Crippen molar-refractivity contribution in [1.29, 1.82) is 0 Å². The maximum atomic E-state index is 12.2. The Balaban J connectivity index is 1.79. The monoisotopic (exact) mass is 324 g/mol. The molecule has 2 unspecified atom stereocenters. The first-order valence-electron chi connectivity index (χ1n) is 8.08. The van der Waals surface area contributed by atoms with Gasteiger partial charge in [0.2, 0.25) is 0 Å². The molecule has 1 saturated heterocycles. The summed E-state index contributed by atoms with van der Waals surface area (Å²) in [6.45, 7) is 10.5. The SMILES string of the molecule is CC(NCC1CCCN(C(=O)OC(C)(C)C)C1)c1ccsc1. The molecule has 1 aromatic heterocycles. The lowest BCUT2D eigenvalue weighted by Crippen LogP contribution is -2.45. The van der Waals surface area contributed by atoms with E-state index in [9.17, 15) is 4.79 Å². The number of likely N-dealkylation sites (tertiary alicyclic amines) is 1. The highest BCUT2D eigenvalue weighted by Crippen LogP contribution is 2.21. The van der Waals surface area contributed by atoms with Crippen LogP contribution in [0.15, 0.2) is 16.8 Å². The van der Waals surface area contributed by atoms with E-state index >= 15 is 0 Å². The molecule has 2 atom stereocenters. The Kier molecular flexibility index (Phi) is 5.87. The van der Waals surface area contributed by atoms with Gasteiger partial charge in [-0.05, 0) is 68.8 Å². The number of rotatable bonds is 4. The molecule has 0 radical (unpaired) electrons. The van der Waals surface area contributed by atoms with Gasteiger partial charge in [0.25, 0.3) is 0 Å². The third-order valence-electron chi connectivity index (χ3n) is 3.93. The zero-order chi connectivity index (χ0) is 16.2. The van der Waals surface area contributed by atoms with Gasteiger partial charge in [-0.3, -0.25) is 0 Å². The molecule has 2 rings (SSSR count). The van der Waals surface area contributed by atoms with Crippen LogP contribution in [-0.2, 0) is 4.74 Å². The highest BCUT2D eigenvalue weighted by Gasteiger charge is 2.27. The summed E-state index contributed by atoms with van der Waals surface area (Å²) in [4.78, 5) is 14.0. The van der Waals surface area contributed by atoms with Crippen molar-refractivity contribution in [2.24, 2.45) is 5.92 Å². The molecule has 1 fully saturated rings. The van der Waals surface area contributed by atoms with Gasteiger partial charge in [0.05, 0.1) is 0 Å². The molecule has 0 bridgehead atoms. The Hall–Kier alpha value is -1.07. The predicted octanol–water partition coefficient (Wildman–Crippen LogP) is 4.05. The summed E-state index contributed by atoms with van der Waals surface area (Å²) in [6, 6.07) is 2.53. The van der Waals surface area contributed by atoms with Gasteiger partial charge in [-0.1, -0.05) is 0 Å². The van der Waals surface area contributed by atoms with Crippen molar-refractivity contribution >= 4 is 17.4 Å². The van der Waals surface area contributed by atoms with E-state index in [-0.39, 0.29) is 6.09 Å². The summed E-state index contributed by atoms with van der Waals surface area (Å²) in [5, 5.41) is 7.89. The van der Waals surface area contributed by atoms with Gasteiger partial charge >= 0.3 is 6.09 Å². The van der Waals surface area contributed by atoms with Crippen molar-refractivity contribution in [3.63, 3.8) is 0 Å². The van der Waals surface area contributed by atoms with E-state index in [1.54, 1.807) is 11.3 Å². The lowest BCUT2D eigenvalue weighted by molar-refractivity contribution is 0.0165. The molecule has 0 spiro atoms. The van der Waals surface area contributed by atoms with Crippen LogP contribution >= 0.6 is 11.3 Å². The van der Waals surface area contributed by atoms with Crippen molar-refractivity contribution < 1.29 is 9.53 Å². The van der Waals surface area contributed by atoms with Crippen LogP contribution in [0.5, 0.6) is 0 Å². The van der Waals surface area contributed by atoms with Crippen LogP contribution in [0.4, 0.5) is 4.79 Å². The Morgan fingerprint density at radius 3 is 2.95 bits per heavy atom. The van der Waals surface area contributed by atoms with Gasteiger partial charge in [0.15, 0.2) is 0 Å². The average molecular weight is 324 g/mol. The molecule has 4 nitrogen and oxygen atoms in total. The molecule has 1 amide bonds. The Bertz CT molecular complexity index is 468. The number of ether oxygens (including phenoxy) is 1. The Morgan fingerprint density at radius 2 is 2.32 bits per heavy atom. The summed E-state index contributed by atoms with van der Waals surface area (Å²) in [7, 11) is 0. The molecule has 124 valence electrons. The molecule has 1 aliphatic heterocycles. The van der Waals surface area contributed by atoms with E-state index < -0.39 is 5.60 Å². The lowest BCUT2D eigenvalue weighted by Gasteiger charge is -2.34. The van der Waals surface area contributed by atoms with Crippen LogP contribution in [0.2, 0.25) is 0 Å². The van der Waals surface area contributed by atoms with Gasteiger partial charge in [-0.15, -0.1) is 0 Å². The van der Waals surface area contributed by atoms with Crippen molar-refractivity contribution in [3.05, 3.63) is 22.4 Å². The van der Waals surface area contributed by atoms with Gasteiger partial charge < -0.3 is 15.0 Å². The fraction of sp³-hybridized carbons (Fsp3) is 0.706. The lowest BCUT2D eigenvalue weighted by atomic mass is 9.97.